The molecule has 2 fully saturated rings. The summed E-state index contributed by atoms with van der Waals surface area (Å²) in [7, 11) is 0. The Bertz CT molecular complexity index is 203. The van der Waals surface area contributed by atoms with Crippen LogP contribution in [0.2, 0.25) is 0 Å². The van der Waals surface area contributed by atoms with Gasteiger partial charge in [-0.25, -0.2) is 0 Å². The van der Waals surface area contributed by atoms with Crippen molar-refractivity contribution in [3.8, 4) is 0 Å². The molecular formula is C15H29NO. The average molecular weight is 239 g/mol. The van der Waals surface area contributed by atoms with Crippen molar-refractivity contribution in [3.05, 3.63) is 0 Å². The molecule has 2 heteroatoms. The Morgan fingerprint density at radius 1 is 1.06 bits per heavy atom. The van der Waals surface area contributed by atoms with E-state index in [0.717, 1.165) is 18.6 Å². The Morgan fingerprint density at radius 2 is 1.94 bits per heavy atom. The van der Waals surface area contributed by atoms with E-state index in [1.165, 1.54) is 64.3 Å². The molecule has 0 aromatic heterocycles. The molecule has 2 rings (SSSR count). The van der Waals surface area contributed by atoms with Gasteiger partial charge in [-0.1, -0.05) is 19.8 Å². The second-order valence-electron chi connectivity index (χ2n) is 6.05. The number of hydrogen-bond donors (Lipinski definition) is 1. The molecule has 0 heterocycles. The van der Waals surface area contributed by atoms with E-state index < -0.39 is 0 Å². The highest BCUT2D eigenvalue weighted by Crippen LogP contribution is 2.25. The molecule has 0 bridgehead atoms. The Labute approximate surface area is 107 Å². The van der Waals surface area contributed by atoms with Crippen molar-refractivity contribution in [3.63, 3.8) is 0 Å². The second kappa shape index (κ2) is 7.38. The van der Waals surface area contributed by atoms with Crippen LogP contribution in [-0.2, 0) is 4.74 Å². The molecule has 2 atom stereocenters. The van der Waals surface area contributed by atoms with Crippen molar-refractivity contribution in [2.75, 3.05) is 13.2 Å². The maximum Gasteiger partial charge on any atom is 0.0577 e. The van der Waals surface area contributed by atoms with Gasteiger partial charge in [0.1, 0.15) is 0 Å². The summed E-state index contributed by atoms with van der Waals surface area (Å²) < 4.78 is 5.97. The summed E-state index contributed by atoms with van der Waals surface area (Å²) in [5.74, 6) is 0.886. The van der Waals surface area contributed by atoms with Gasteiger partial charge in [-0.2, -0.15) is 0 Å². The van der Waals surface area contributed by atoms with Gasteiger partial charge in [0.05, 0.1) is 6.10 Å². The molecule has 1 N–H and O–H groups in total. The molecule has 0 spiro atoms. The minimum atomic E-state index is 0.573. The highest BCUT2D eigenvalue weighted by Gasteiger charge is 2.20. The van der Waals surface area contributed by atoms with Crippen molar-refractivity contribution >= 4 is 0 Å². The van der Waals surface area contributed by atoms with Crippen LogP contribution in [0.3, 0.4) is 0 Å². The van der Waals surface area contributed by atoms with Crippen LogP contribution in [0.15, 0.2) is 0 Å². The quantitative estimate of drug-likeness (QED) is 0.655. The van der Waals surface area contributed by atoms with E-state index in [4.69, 9.17) is 4.74 Å². The molecule has 0 aromatic rings. The predicted octanol–water partition coefficient (Wildman–Crippen LogP) is 3.50. The molecule has 0 aromatic carbocycles. The van der Waals surface area contributed by atoms with E-state index >= 15 is 0 Å². The zero-order chi connectivity index (χ0) is 11.9. The normalized spacial score (nSPS) is 29.5. The third kappa shape index (κ3) is 5.87. The standard InChI is InChI=1S/C15H29NO/c1-13-6-5-7-15(12-13)17-11-4-2-3-10-16-14-8-9-14/h13-16H,2-12H2,1H3. The van der Waals surface area contributed by atoms with Gasteiger partial charge in [-0.05, 0) is 57.4 Å². The molecule has 2 unspecified atom stereocenters. The van der Waals surface area contributed by atoms with Gasteiger partial charge < -0.3 is 10.1 Å². The first-order chi connectivity index (χ1) is 8.34. The number of nitrogens with one attached hydrogen (secondary N) is 1. The molecule has 0 aliphatic heterocycles. The summed E-state index contributed by atoms with van der Waals surface area (Å²) in [6.07, 6.45) is 12.6. The lowest BCUT2D eigenvalue weighted by molar-refractivity contribution is 0.0137. The SMILES string of the molecule is CC1CCCC(OCCCCCNC2CC2)C1. The third-order valence-corrected chi connectivity index (χ3v) is 4.07. The van der Waals surface area contributed by atoms with Gasteiger partial charge in [0.25, 0.3) is 0 Å². The van der Waals surface area contributed by atoms with Gasteiger partial charge in [0.15, 0.2) is 0 Å². The van der Waals surface area contributed by atoms with Gasteiger partial charge in [-0.15, -0.1) is 0 Å². The van der Waals surface area contributed by atoms with Crippen molar-refractivity contribution in [2.24, 2.45) is 5.92 Å². The molecular weight excluding hydrogens is 210 g/mol. The Balaban J connectivity index is 1.37. The lowest BCUT2D eigenvalue weighted by atomic mass is 9.89. The molecule has 100 valence electrons. The van der Waals surface area contributed by atoms with Crippen LogP contribution in [0.4, 0.5) is 0 Å². The average Bonchev–Trinajstić information content (AvgIpc) is 3.12. The zero-order valence-electron chi connectivity index (χ0n) is 11.4. The summed E-state index contributed by atoms with van der Waals surface area (Å²) in [5.41, 5.74) is 0. The van der Waals surface area contributed by atoms with Crippen LogP contribution in [0.5, 0.6) is 0 Å². The topological polar surface area (TPSA) is 21.3 Å². The minimum absolute atomic E-state index is 0.573. The Hall–Kier alpha value is -0.0800. The number of ether oxygens (including phenoxy) is 1. The first kappa shape index (κ1) is 13.4. The highest BCUT2D eigenvalue weighted by atomic mass is 16.5. The van der Waals surface area contributed by atoms with Crippen molar-refractivity contribution in [1.29, 1.82) is 0 Å². The summed E-state index contributed by atoms with van der Waals surface area (Å²) in [5, 5.41) is 3.56. The fraction of sp³-hybridized carbons (Fsp3) is 1.00. The third-order valence-electron chi connectivity index (χ3n) is 4.07. The van der Waals surface area contributed by atoms with Gasteiger partial charge in [0, 0.05) is 12.6 Å². The van der Waals surface area contributed by atoms with Crippen LogP contribution in [0.25, 0.3) is 0 Å². The summed E-state index contributed by atoms with van der Waals surface area (Å²) in [6, 6.07) is 0.870. The monoisotopic (exact) mass is 239 g/mol. The largest absolute Gasteiger partial charge is 0.378 e. The molecule has 0 radical (unpaired) electrons. The number of hydrogen-bond acceptors (Lipinski definition) is 2. The fourth-order valence-electron chi connectivity index (χ4n) is 2.78. The van der Waals surface area contributed by atoms with Crippen LogP contribution < -0.4 is 5.32 Å². The van der Waals surface area contributed by atoms with Gasteiger partial charge >= 0.3 is 0 Å². The van der Waals surface area contributed by atoms with Crippen molar-refractivity contribution < 1.29 is 4.74 Å². The first-order valence-electron chi connectivity index (χ1n) is 7.69. The van der Waals surface area contributed by atoms with E-state index in [1.807, 2.05) is 0 Å². The fourth-order valence-corrected chi connectivity index (χ4v) is 2.78. The van der Waals surface area contributed by atoms with Crippen molar-refractivity contribution in [1.82, 2.24) is 5.32 Å². The van der Waals surface area contributed by atoms with E-state index in [2.05, 4.69) is 12.2 Å². The summed E-state index contributed by atoms with van der Waals surface area (Å²) >= 11 is 0. The van der Waals surface area contributed by atoms with E-state index in [-0.39, 0.29) is 0 Å². The molecule has 2 aliphatic rings. The molecule has 2 saturated carbocycles. The highest BCUT2D eigenvalue weighted by molar-refractivity contribution is 4.80. The van der Waals surface area contributed by atoms with Crippen LogP contribution in [0.1, 0.15) is 64.7 Å². The van der Waals surface area contributed by atoms with E-state index in [9.17, 15) is 0 Å². The minimum Gasteiger partial charge on any atom is -0.378 e. The second-order valence-corrected chi connectivity index (χ2v) is 6.05. The molecule has 2 nitrogen and oxygen atoms in total. The van der Waals surface area contributed by atoms with E-state index in [0.29, 0.717) is 6.10 Å². The van der Waals surface area contributed by atoms with Gasteiger partial charge in [0.2, 0.25) is 0 Å². The lowest BCUT2D eigenvalue weighted by Crippen LogP contribution is -2.22. The predicted molar refractivity (Wildman–Crippen MR) is 72.2 cm³/mol. The lowest BCUT2D eigenvalue weighted by Gasteiger charge is -2.26. The first-order valence-corrected chi connectivity index (χ1v) is 7.69. The van der Waals surface area contributed by atoms with E-state index in [1.54, 1.807) is 0 Å². The van der Waals surface area contributed by atoms with Crippen LogP contribution in [0, 0.1) is 5.92 Å². The maximum atomic E-state index is 5.97. The number of rotatable bonds is 8. The molecule has 0 amide bonds. The van der Waals surface area contributed by atoms with Crippen molar-refractivity contribution in [2.45, 2.75) is 76.9 Å². The molecule has 17 heavy (non-hydrogen) atoms. The van der Waals surface area contributed by atoms with Crippen LogP contribution >= 0.6 is 0 Å². The maximum absolute atomic E-state index is 5.97. The van der Waals surface area contributed by atoms with Gasteiger partial charge in [-0.3, -0.25) is 0 Å². The molecule has 2 aliphatic carbocycles. The Kier molecular flexibility index (Phi) is 5.79. The van der Waals surface area contributed by atoms with Crippen LogP contribution in [-0.4, -0.2) is 25.3 Å². The molecule has 0 saturated heterocycles. The number of unbranched alkanes of at least 4 members (excludes halogenated alkanes) is 2. The zero-order valence-corrected chi connectivity index (χ0v) is 11.4. The Morgan fingerprint density at radius 3 is 2.71 bits per heavy atom. The summed E-state index contributed by atoms with van der Waals surface area (Å²) in [4.78, 5) is 0. The summed E-state index contributed by atoms with van der Waals surface area (Å²) in [6.45, 7) is 4.56. The smallest absolute Gasteiger partial charge is 0.0577 e.